The monoisotopic (exact) mass is 182 g/mol. The highest BCUT2D eigenvalue weighted by Gasteiger charge is 2.63. The second-order valence-electron chi connectivity index (χ2n) is 6.07. The first-order valence-corrected chi connectivity index (χ1v) is 5.52. The molecule has 0 aromatic carbocycles. The molecular weight excluding hydrogens is 160 g/mol. The number of fused-ring (bicyclic) bond motifs is 2. The fourth-order valence-electron chi connectivity index (χ4n) is 3.98. The van der Waals surface area contributed by atoms with Crippen molar-refractivity contribution in [1.82, 2.24) is 0 Å². The van der Waals surface area contributed by atoms with Crippen molar-refractivity contribution in [3.8, 4) is 0 Å². The van der Waals surface area contributed by atoms with E-state index in [0.29, 0.717) is 23.2 Å². The molecule has 2 aliphatic carbocycles. The van der Waals surface area contributed by atoms with Crippen LogP contribution in [0.1, 0.15) is 41.0 Å². The molecule has 2 bridgehead atoms. The molecule has 0 aromatic rings. The summed E-state index contributed by atoms with van der Waals surface area (Å²) < 4.78 is 0. The second kappa shape index (κ2) is 2.31. The summed E-state index contributed by atoms with van der Waals surface area (Å²) in [6, 6.07) is 0. The lowest BCUT2D eigenvalue weighted by molar-refractivity contribution is -0.0943. The van der Waals surface area contributed by atoms with Gasteiger partial charge in [0.05, 0.1) is 5.60 Å². The Labute approximate surface area is 81.5 Å². The molecule has 0 heterocycles. The summed E-state index contributed by atoms with van der Waals surface area (Å²) in [7, 11) is 0. The third-order valence-corrected chi connectivity index (χ3v) is 5.52. The number of rotatable bonds is 0. The summed E-state index contributed by atoms with van der Waals surface area (Å²) in [5, 5.41) is 10.4. The standard InChI is InChI=1S/C12H22O/c1-7-10-6-9(11(7,3)4)8(2)12(10,5)13/h7-10,13H,6H2,1-5H3/t7-,8+,9-,10-,12-/m1/s1. The molecule has 1 heteroatoms. The van der Waals surface area contributed by atoms with Gasteiger partial charge in [-0.15, -0.1) is 0 Å². The van der Waals surface area contributed by atoms with Crippen LogP contribution in [0.3, 0.4) is 0 Å². The molecule has 0 unspecified atom stereocenters. The normalized spacial score (nSPS) is 58.6. The predicted octanol–water partition coefficient (Wildman–Crippen LogP) is 2.69. The van der Waals surface area contributed by atoms with Gasteiger partial charge in [-0.25, -0.2) is 0 Å². The van der Waals surface area contributed by atoms with Gasteiger partial charge in [0, 0.05) is 0 Å². The Morgan fingerprint density at radius 2 is 1.54 bits per heavy atom. The van der Waals surface area contributed by atoms with E-state index in [1.807, 2.05) is 6.92 Å². The third-order valence-electron chi connectivity index (χ3n) is 5.52. The van der Waals surface area contributed by atoms with Crippen LogP contribution in [-0.2, 0) is 0 Å². The summed E-state index contributed by atoms with van der Waals surface area (Å²) in [5.41, 5.74) is 0.0337. The van der Waals surface area contributed by atoms with Gasteiger partial charge in [-0.1, -0.05) is 27.7 Å². The van der Waals surface area contributed by atoms with Crippen LogP contribution in [0.2, 0.25) is 0 Å². The van der Waals surface area contributed by atoms with Crippen LogP contribution in [-0.4, -0.2) is 10.7 Å². The Hall–Kier alpha value is -0.0400. The highest BCUT2D eigenvalue weighted by molar-refractivity contribution is 5.12. The first-order chi connectivity index (χ1) is 5.79. The maximum Gasteiger partial charge on any atom is 0.0678 e. The number of hydrogen-bond donors (Lipinski definition) is 1. The molecule has 1 nitrogen and oxygen atoms in total. The molecular formula is C12H22O. The van der Waals surface area contributed by atoms with Gasteiger partial charge in [0.25, 0.3) is 0 Å². The van der Waals surface area contributed by atoms with E-state index >= 15 is 0 Å². The van der Waals surface area contributed by atoms with E-state index in [9.17, 15) is 5.11 Å². The Balaban J connectivity index is 2.37. The lowest BCUT2D eigenvalue weighted by Crippen LogP contribution is -2.48. The van der Waals surface area contributed by atoms with Gasteiger partial charge in [0.2, 0.25) is 0 Å². The fourth-order valence-corrected chi connectivity index (χ4v) is 3.98. The van der Waals surface area contributed by atoms with Crippen molar-refractivity contribution < 1.29 is 5.11 Å². The molecule has 0 spiro atoms. The Morgan fingerprint density at radius 3 is 1.92 bits per heavy atom. The molecule has 5 atom stereocenters. The summed E-state index contributed by atoms with van der Waals surface area (Å²) in [6.45, 7) is 11.3. The van der Waals surface area contributed by atoms with E-state index in [-0.39, 0.29) is 0 Å². The SMILES string of the molecule is C[C@@H]1[C@H]2C[C@H]([C@H](C)[C@@]2(C)O)C1(C)C. The molecule has 2 aliphatic rings. The lowest BCUT2D eigenvalue weighted by atomic mass is 9.61. The van der Waals surface area contributed by atoms with E-state index in [1.54, 1.807) is 0 Å². The quantitative estimate of drug-likeness (QED) is 0.610. The Bertz CT molecular complexity index is 205. The molecule has 76 valence electrons. The second-order valence-corrected chi connectivity index (χ2v) is 6.07. The summed E-state index contributed by atoms with van der Waals surface area (Å²) in [4.78, 5) is 0. The average molecular weight is 182 g/mol. The van der Waals surface area contributed by atoms with E-state index in [2.05, 4.69) is 27.7 Å². The van der Waals surface area contributed by atoms with Crippen molar-refractivity contribution in [2.24, 2.45) is 29.1 Å². The number of hydrogen-bond acceptors (Lipinski definition) is 1. The van der Waals surface area contributed by atoms with Crippen molar-refractivity contribution in [2.75, 3.05) is 0 Å². The van der Waals surface area contributed by atoms with Crippen LogP contribution in [0.5, 0.6) is 0 Å². The molecule has 2 saturated carbocycles. The molecule has 2 fully saturated rings. The first kappa shape index (κ1) is 9.51. The topological polar surface area (TPSA) is 20.2 Å². The lowest BCUT2D eigenvalue weighted by Gasteiger charge is -2.47. The maximum absolute atomic E-state index is 10.4. The maximum atomic E-state index is 10.4. The van der Waals surface area contributed by atoms with Gasteiger partial charge >= 0.3 is 0 Å². The summed E-state index contributed by atoms with van der Waals surface area (Å²) >= 11 is 0. The smallest absolute Gasteiger partial charge is 0.0678 e. The van der Waals surface area contributed by atoms with Crippen LogP contribution in [0.15, 0.2) is 0 Å². The van der Waals surface area contributed by atoms with Crippen molar-refractivity contribution >= 4 is 0 Å². The minimum atomic E-state index is -0.403. The van der Waals surface area contributed by atoms with Gasteiger partial charge in [-0.3, -0.25) is 0 Å². The van der Waals surface area contributed by atoms with E-state index in [0.717, 1.165) is 5.92 Å². The zero-order valence-corrected chi connectivity index (χ0v) is 9.46. The largest absolute Gasteiger partial charge is 0.390 e. The van der Waals surface area contributed by atoms with Crippen LogP contribution in [0, 0.1) is 29.1 Å². The van der Waals surface area contributed by atoms with Crippen LogP contribution in [0.4, 0.5) is 0 Å². The van der Waals surface area contributed by atoms with Crippen LogP contribution >= 0.6 is 0 Å². The molecule has 0 aromatic heterocycles. The molecule has 13 heavy (non-hydrogen) atoms. The number of aliphatic hydroxyl groups is 1. The Morgan fingerprint density at radius 1 is 1.00 bits per heavy atom. The molecule has 1 N–H and O–H groups in total. The minimum absolute atomic E-state index is 0.403. The Kier molecular flexibility index (Phi) is 1.69. The zero-order valence-electron chi connectivity index (χ0n) is 9.46. The average Bonchev–Trinajstić information content (AvgIpc) is 2.35. The summed E-state index contributed by atoms with van der Waals surface area (Å²) in [5.74, 6) is 2.40. The molecule has 0 aliphatic heterocycles. The molecule has 0 radical (unpaired) electrons. The fraction of sp³-hybridized carbons (Fsp3) is 1.00. The first-order valence-electron chi connectivity index (χ1n) is 5.52. The van der Waals surface area contributed by atoms with Gasteiger partial charge in [0.15, 0.2) is 0 Å². The van der Waals surface area contributed by atoms with Crippen molar-refractivity contribution in [3.63, 3.8) is 0 Å². The zero-order chi connectivity index (χ0) is 10.0. The van der Waals surface area contributed by atoms with Gasteiger partial charge in [-0.2, -0.15) is 0 Å². The van der Waals surface area contributed by atoms with E-state index in [4.69, 9.17) is 0 Å². The van der Waals surface area contributed by atoms with E-state index in [1.165, 1.54) is 6.42 Å². The highest BCUT2D eigenvalue weighted by atomic mass is 16.3. The van der Waals surface area contributed by atoms with Gasteiger partial charge < -0.3 is 5.11 Å². The highest BCUT2D eigenvalue weighted by Crippen LogP contribution is 2.65. The van der Waals surface area contributed by atoms with Gasteiger partial charge in [-0.05, 0) is 42.4 Å². The van der Waals surface area contributed by atoms with Crippen molar-refractivity contribution in [1.29, 1.82) is 0 Å². The third kappa shape index (κ3) is 0.918. The van der Waals surface area contributed by atoms with Crippen LogP contribution in [0.25, 0.3) is 0 Å². The minimum Gasteiger partial charge on any atom is -0.390 e. The van der Waals surface area contributed by atoms with E-state index < -0.39 is 5.60 Å². The van der Waals surface area contributed by atoms with Gasteiger partial charge in [0.1, 0.15) is 0 Å². The van der Waals surface area contributed by atoms with Crippen LogP contribution < -0.4 is 0 Å². The predicted molar refractivity (Wildman–Crippen MR) is 54.3 cm³/mol. The van der Waals surface area contributed by atoms with Crippen molar-refractivity contribution in [3.05, 3.63) is 0 Å². The van der Waals surface area contributed by atoms with Crippen molar-refractivity contribution in [2.45, 2.75) is 46.6 Å². The molecule has 2 rings (SSSR count). The molecule has 0 amide bonds. The summed E-state index contributed by atoms with van der Waals surface area (Å²) in [6.07, 6.45) is 1.24. The molecule has 0 saturated heterocycles.